The Bertz CT molecular complexity index is 1430. The first-order valence-electron chi connectivity index (χ1n) is 13.1. The van der Waals surface area contributed by atoms with Gasteiger partial charge in [0.1, 0.15) is 18.3 Å². The van der Waals surface area contributed by atoms with Crippen LogP contribution in [0.4, 0.5) is 5.69 Å². The molecule has 0 heterocycles. The van der Waals surface area contributed by atoms with Gasteiger partial charge in [-0.1, -0.05) is 79.5 Å². The van der Waals surface area contributed by atoms with E-state index in [0.29, 0.717) is 17.3 Å². The van der Waals surface area contributed by atoms with Crippen LogP contribution in [0.3, 0.4) is 0 Å². The molecule has 0 saturated heterocycles. The molecule has 0 aliphatic carbocycles. The van der Waals surface area contributed by atoms with Gasteiger partial charge in [0.2, 0.25) is 21.8 Å². The predicted molar refractivity (Wildman–Crippen MR) is 164 cm³/mol. The molecular formula is C30H35Cl2N3O5S. The molecule has 0 radical (unpaired) electrons. The van der Waals surface area contributed by atoms with E-state index in [0.717, 1.165) is 21.7 Å². The summed E-state index contributed by atoms with van der Waals surface area (Å²) in [6.45, 7) is 3.90. The monoisotopic (exact) mass is 619 g/mol. The largest absolute Gasteiger partial charge is 0.495 e. The van der Waals surface area contributed by atoms with Crippen LogP contribution < -0.4 is 14.4 Å². The van der Waals surface area contributed by atoms with Gasteiger partial charge in [-0.05, 0) is 47.4 Å². The zero-order valence-corrected chi connectivity index (χ0v) is 25.8. The van der Waals surface area contributed by atoms with E-state index >= 15 is 0 Å². The minimum atomic E-state index is -3.92. The zero-order chi connectivity index (χ0) is 30.2. The van der Waals surface area contributed by atoms with E-state index in [-0.39, 0.29) is 35.5 Å². The van der Waals surface area contributed by atoms with Gasteiger partial charge in [0.25, 0.3) is 0 Å². The summed E-state index contributed by atoms with van der Waals surface area (Å²) < 4.78 is 32.0. The Labute approximate surface area is 252 Å². The molecule has 220 valence electrons. The maximum absolute atomic E-state index is 14.1. The Hall–Kier alpha value is -3.27. The minimum Gasteiger partial charge on any atom is -0.495 e. The van der Waals surface area contributed by atoms with Crippen molar-refractivity contribution in [2.24, 2.45) is 5.92 Å². The van der Waals surface area contributed by atoms with Crippen LogP contribution in [0.1, 0.15) is 25.0 Å². The molecular weight excluding hydrogens is 585 g/mol. The molecule has 0 aromatic heterocycles. The van der Waals surface area contributed by atoms with E-state index in [1.54, 1.807) is 24.3 Å². The fourth-order valence-electron chi connectivity index (χ4n) is 4.19. The molecule has 0 unspecified atom stereocenters. The van der Waals surface area contributed by atoms with E-state index in [4.69, 9.17) is 27.9 Å². The molecule has 2 amide bonds. The number of sulfonamides is 1. The summed E-state index contributed by atoms with van der Waals surface area (Å²) in [4.78, 5) is 29.1. The van der Waals surface area contributed by atoms with Crippen molar-refractivity contribution in [2.45, 2.75) is 32.9 Å². The van der Waals surface area contributed by atoms with E-state index in [1.165, 1.54) is 30.2 Å². The van der Waals surface area contributed by atoms with Crippen LogP contribution in [-0.2, 0) is 32.6 Å². The summed E-state index contributed by atoms with van der Waals surface area (Å²) in [6, 6.07) is 19.9. The number of anilines is 1. The summed E-state index contributed by atoms with van der Waals surface area (Å²) in [5, 5.41) is 3.67. The van der Waals surface area contributed by atoms with Gasteiger partial charge >= 0.3 is 0 Å². The third kappa shape index (κ3) is 9.38. The molecule has 3 aromatic carbocycles. The smallest absolute Gasteiger partial charge is 0.244 e. The summed E-state index contributed by atoms with van der Waals surface area (Å²) in [6.07, 6.45) is 1.25. The third-order valence-electron chi connectivity index (χ3n) is 6.32. The van der Waals surface area contributed by atoms with E-state index in [9.17, 15) is 18.0 Å². The highest BCUT2D eigenvalue weighted by Crippen LogP contribution is 2.30. The summed E-state index contributed by atoms with van der Waals surface area (Å²) >= 11 is 12.4. The van der Waals surface area contributed by atoms with Gasteiger partial charge < -0.3 is 15.0 Å². The number of rotatable bonds is 13. The summed E-state index contributed by atoms with van der Waals surface area (Å²) in [7, 11) is -2.47. The lowest BCUT2D eigenvalue weighted by Gasteiger charge is -2.33. The van der Waals surface area contributed by atoms with Gasteiger partial charge in [0.15, 0.2) is 0 Å². The SMILES string of the molecule is COc1ccc(N(CC(=O)N(Cc2ccc(Cl)cc2)[C@H](Cc2ccccc2)C(=O)NCC(C)C)S(C)(=O)=O)cc1Cl. The first kappa shape index (κ1) is 32.2. The third-order valence-corrected chi connectivity index (χ3v) is 8.01. The number of ether oxygens (including phenoxy) is 1. The second kappa shape index (κ2) is 14.6. The molecule has 0 spiro atoms. The number of benzene rings is 3. The Morgan fingerprint density at radius 3 is 2.17 bits per heavy atom. The number of methoxy groups -OCH3 is 1. The van der Waals surface area contributed by atoms with Crippen molar-refractivity contribution in [3.63, 3.8) is 0 Å². The Balaban J connectivity index is 2.05. The number of carbonyl (C=O) groups excluding carboxylic acids is 2. The average molecular weight is 621 g/mol. The predicted octanol–water partition coefficient (Wildman–Crippen LogP) is 5.18. The molecule has 0 aliphatic heterocycles. The van der Waals surface area contributed by atoms with Crippen LogP contribution in [0.15, 0.2) is 72.8 Å². The maximum atomic E-state index is 14.1. The highest BCUT2D eigenvalue weighted by atomic mass is 35.5. The Morgan fingerprint density at radius 1 is 0.951 bits per heavy atom. The van der Waals surface area contributed by atoms with Crippen molar-refractivity contribution in [1.82, 2.24) is 10.2 Å². The number of amides is 2. The van der Waals surface area contributed by atoms with E-state index in [2.05, 4.69) is 5.32 Å². The lowest BCUT2D eigenvalue weighted by Crippen LogP contribution is -2.53. The van der Waals surface area contributed by atoms with Crippen molar-refractivity contribution in [3.05, 3.63) is 94.0 Å². The fraction of sp³-hybridized carbons (Fsp3) is 0.333. The number of nitrogens with one attached hydrogen (secondary N) is 1. The van der Waals surface area contributed by atoms with Crippen LogP contribution in [-0.4, -0.2) is 57.6 Å². The van der Waals surface area contributed by atoms with E-state index < -0.39 is 28.5 Å². The number of hydrogen-bond donors (Lipinski definition) is 1. The van der Waals surface area contributed by atoms with Crippen LogP contribution in [0, 0.1) is 5.92 Å². The molecule has 0 fully saturated rings. The highest BCUT2D eigenvalue weighted by Gasteiger charge is 2.33. The van der Waals surface area contributed by atoms with Gasteiger partial charge in [-0.15, -0.1) is 0 Å². The molecule has 3 rings (SSSR count). The maximum Gasteiger partial charge on any atom is 0.244 e. The first-order chi connectivity index (χ1) is 19.4. The second-order valence-corrected chi connectivity index (χ2v) is 12.8. The van der Waals surface area contributed by atoms with Crippen molar-refractivity contribution in [2.75, 3.05) is 30.8 Å². The molecule has 0 aliphatic rings. The van der Waals surface area contributed by atoms with Crippen molar-refractivity contribution >= 4 is 50.7 Å². The molecule has 0 saturated carbocycles. The summed E-state index contributed by atoms with van der Waals surface area (Å²) in [5.41, 5.74) is 1.78. The number of nitrogens with zero attached hydrogens (tertiary/aromatic N) is 2. The van der Waals surface area contributed by atoms with Crippen molar-refractivity contribution in [3.8, 4) is 5.75 Å². The Morgan fingerprint density at radius 2 is 1.61 bits per heavy atom. The van der Waals surface area contributed by atoms with Crippen LogP contribution in [0.2, 0.25) is 10.0 Å². The summed E-state index contributed by atoms with van der Waals surface area (Å²) in [5.74, 6) is -0.331. The number of carbonyl (C=O) groups is 2. The van der Waals surface area contributed by atoms with Gasteiger partial charge in [-0.3, -0.25) is 13.9 Å². The highest BCUT2D eigenvalue weighted by molar-refractivity contribution is 7.92. The fourth-order valence-corrected chi connectivity index (χ4v) is 5.41. The van der Waals surface area contributed by atoms with Crippen molar-refractivity contribution < 1.29 is 22.7 Å². The lowest BCUT2D eigenvalue weighted by atomic mass is 10.0. The standard InChI is InChI=1S/C30H35Cl2N3O5S/c1-21(2)18-33-30(37)27(16-22-8-6-5-7-9-22)34(19-23-10-12-24(31)13-11-23)29(36)20-35(41(4,38)39)25-14-15-28(40-3)26(32)17-25/h5-15,17,21,27H,16,18-20H2,1-4H3,(H,33,37)/t27-/m1/s1. The first-order valence-corrected chi connectivity index (χ1v) is 15.7. The number of halogens is 2. The van der Waals surface area contributed by atoms with Gasteiger partial charge in [0, 0.05) is 24.5 Å². The van der Waals surface area contributed by atoms with Gasteiger partial charge in [-0.2, -0.15) is 0 Å². The molecule has 0 bridgehead atoms. The lowest BCUT2D eigenvalue weighted by molar-refractivity contribution is -0.140. The molecule has 1 atom stereocenters. The van der Waals surface area contributed by atoms with E-state index in [1.807, 2.05) is 44.2 Å². The molecule has 11 heteroatoms. The van der Waals surface area contributed by atoms with Crippen LogP contribution in [0.25, 0.3) is 0 Å². The topological polar surface area (TPSA) is 96.0 Å². The van der Waals surface area contributed by atoms with Gasteiger partial charge in [0.05, 0.1) is 24.1 Å². The molecule has 1 N–H and O–H groups in total. The molecule has 8 nitrogen and oxygen atoms in total. The second-order valence-electron chi connectivity index (χ2n) is 10.1. The Kier molecular flexibility index (Phi) is 11.5. The van der Waals surface area contributed by atoms with Crippen molar-refractivity contribution in [1.29, 1.82) is 0 Å². The molecule has 41 heavy (non-hydrogen) atoms. The molecule has 3 aromatic rings. The van der Waals surface area contributed by atoms with Crippen LogP contribution in [0.5, 0.6) is 5.75 Å². The van der Waals surface area contributed by atoms with Crippen LogP contribution >= 0.6 is 23.2 Å². The normalized spacial score (nSPS) is 12.1. The minimum absolute atomic E-state index is 0.0591. The quantitative estimate of drug-likeness (QED) is 0.284. The number of hydrogen-bond acceptors (Lipinski definition) is 5. The van der Waals surface area contributed by atoms with Gasteiger partial charge in [-0.25, -0.2) is 8.42 Å². The average Bonchev–Trinajstić information content (AvgIpc) is 2.93. The zero-order valence-electron chi connectivity index (χ0n) is 23.5.